The van der Waals surface area contributed by atoms with Crippen LogP contribution in [0.2, 0.25) is 5.02 Å². The van der Waals surface area contributed by atoms with Crippen molar-refractivity contribution in [3.63, 3.8) is 0 Å². The Kier molecular flexibility index (Phi) is 9.86. The minimum atomic E-state index is -0.514. The first kappa shape index (κ1) is 30.1. The van der Waals surface area contributed by atoms with E-state index in [1.807, 2.05) is 6.08 Å². The Bertz CT molecular complexity index is 1440. The van der Waals surface area contributed by atoms with E-state index in [1.54, 1.807) is 25.3 Å². The predicted octanol–water partition coefficient (Wildman–Crippen LogP) is 4.81. The van der Waals surface area contributed by atoms with E-state index in [4.69, 9.17) is 30.5 Å². The lowest BCUT2D eigenvalue weighted by Crippen LogP contribution is -2.44. The molecule has 2 N–H and O–H groups in total. The van der Waals surface area contributed by atoms with Crippen LogP contribution < -0.4 is 15.4 Å². The molecule has 0 bridgehead atoms. The van der Waals surface area contributed by atoms with Crippen molar-refractivity contribution in [2.45, 2.75) is 19.4 Å². The zero-order chi connectivity index (χ0) is 29.5. The molecule has 1 amide bonds. The Hall–Kier alpha value is -3.35. The molecule has 2 aliphatic rings. The van der Waals surface area contributed by atoms with Gasteiger partial charge in [0, 0.05) is 55.4 Å². The molecule has 0 saturated carbocycles. The average molecular weight is 600 g/mol. The fraction of sp³-hybridized carbons (Fsp3) is 0.433. The van der Waals surface area contributed by atoms with E-state index < -0.39 is 5.82 Å². The maximum Gasteiger partial charge on any atom is 0.248 e. The summed E-state index contributed by atoms with van der Waals surface area (Å²) in [5.74, 6) is 0.152. The minimum Gasteiger partial charge on any atom is -0.491 e. The molecule has 0 spiro atoms. The van der Waals surface area contributed by atoms with E-state index >= 15 is 0 Å². The number of nitrogens with one attached hydrogen (secondary N) is 2. The largest absolute Gasteiger partial charge is 0.491 e. The molecule has 0 aliphatic carbocycles. The number of nitrogens with zero attached hydrogens (tertiary/aromatic N) is 3. The molecule has 2 aromatic carbocycles. The van der Waals surface area contributed by atoms with E-state index in [0.717, 1.165) is 19.5 Å². The van der Waals surface area contributed by atoms with Crippen molar-refractivity contribution in [2.75, 3.05) is 70.4 Å². The summed E-state index contributed by atoms with van der Waals surface area (Å²) in [6.45, 7) is 7.24. The van der Waals surface area contributed by atoms with Gasteiger partial charge in [0.1, 0.15) is 23.7 Å². The highest BCUT2D eigenvalue weighted by molar-refractivity contribution is 6.31. The number of aromatic nitrogens is 2. The number of benzene rings is 2. The predicted molar refractivity (Wildman–Crippen MR) is 159 cm³/mol. The summed E-state index contributed by atoms with van der Waals surface area (Å²) in [6, 6.07) is 7.86. The number of hydrogen-bond acceptors (Lipinski definition) is 9. The average Bonchev–Trinajstić information content (AvgIpc) is 3.41. The molecule has 1 atom stereocenters. The molecule has 10 nitrogen and oxygen atoms in total. The molecule has 42 heavy (non-hydrogen) atoms. The van der Waals surface area contributed by atoms with Crippen molar-refractivity contribution in [3.05, 3.63) is 59.7 Å². The highest BCUT2D eigenvalue weighted by atomic mass is 35.5. The van der Waals surface area contributed by atoms with E-state index in [-0.39, 0.29) is 22.4 Å². The first-order valence-electron chi connectivity index (χ1n) is 13.8. The summed E-state index contributed by atoms with van der Waals surface area (Å²) in [6.07, 6.45) is 5.92. The minimum absolute atomic E-state index is 0.00896. The number of carbonyl (C=O) groups is 1. The number of halogens is 2. The number of carbonyl (C=O) groups excluding carboxylic acids is 1. The molecule has 12 heteroatoms. The first-order valence-corrected chi connectivity index (χ1v) is 14.2. The van der Waals surface area contributed by atoms with Crippen molar-refractivity contribution < 1.29 is 28.1 Å². The molecule has 0 radical (unpaired) electrons. The lowest BCUT2D eigenvalue weighted by molar-refractivity contribution is -0.120. The summed E-state index contributed by atoms with van der Waals surface area (Å²) in [7, 11) is 1.66. The normalized spacial score (nSPS) is 18.3. The zero-order valence-corrected chi connectivity index (χ0v) is 24.5. The molecule has 3 heterocycles. The summed E-state index contributed by atoms with van der Waals surface area (Å²) >= 11 is 5.96. The number of anilines is 3. The van der Waals surface area contributed by atoms with Crippen molar-refractivity contribution in [2.24, 2.45) is 5.41 Å². The van der Waals surface area contributed by atoms with Gasteiger partial charge in [-0.1, -0.05) is 24.6 Å². The monoisotopic (exact) mass is 599 g/mol. The molecule has 1 aromatic heterocycles. The maximum atomic E-state index is 13.7. The van der Waals surface area contributed by atoms with Crippen molar-refractivity contribution in [1.82, 2.24) is 14.9 Å². The van der Waals surface area contributed by atoms with Crippen LogP contribution in [-0.4, -0.2) is 86.7 Å². The summed E-state index contributed by atoms with van der Waals surface area (Å²) in [5, 5.41) is 6.75. The van der Waals surface area contributed by atoms with Crippen LogP contribution in [0.25, 0.3) is 10.9 Å². The smallest absolute Gasteiger partial charge is 0.248 e. The molecular weight excluding hydrogens is 565 g/mol. The Labute approximate surface area is 249 Å². The number of hydrogen-bond donors (Lipinski definition) is 2. The fourth-order valence-electron chi connectivity index (χ4n) is 4.78. The van der Waals surface area contributed by atoms with Crippen LogP contribution >= 0.6 is 11.6 Å². The zero-order valence-electron chi connectivity index (χ0n) is 23.7. The Morgan fingerprint density at radius 1 is 1.26 bits per heavy atom. The second kappa shape index (κ2) is 13.7. The second-order valence-electron chi connectivity index (χ2n) is 10.9. The Morgan fingerprint density at radius 2 is 2.12 bits per heavy atom. The molecule has 2 aliphatic heterocycles. The molecule has 5 rings (SSSR count). The van der Waals surface area contributed by atoms with E-state index in [1.165, 1.54) is 24.5 Å². The van der Waals surface area contributed by atoms with Crippen LogP contribution in [0.4, 0.5) is 21.6 Å². The van der Waals surface area contributed by atoms with Crippen molar-refractivity contribution in [1.29, 1.82) is 0 Å². The maximum absolute atomic E-state index is 13.7. The third-order valence-electron chi connectivity index (χ3n) is 7.16. The quantitative estimate of drug-likeness (QED) is 0.211. The third kappa shape index (κ3) is 7.73. The Morgan fingerprint density at radius 3 is 2.88 bits per heavy atom. The van der Waals surface area contributed by atoms with Crippen molar-refractivity contribution in [3.8, 4) is 5.75 Å². The topological polar surface area (TPSA) is 107 Å². The van der Waals surface area contributed by atoms with Crippen LogP contribution in [0.3, 0.4) is 0 Å². The first-order chi connectivity index (χ1) is 20.3. The van der Waals surface area contributed by atoms with Gasteiger partial charge in [-0.15, -0.1) is 0 Å². The number of methoxy groups -OCH3 is 1. The summed E-state index contributed by atoms with van der Waals surface area (Å²) in [4.78, 5) is 24.0. The Balaban J connectivity index is 1.31. The lowest BCUT2D eigenvalue weighted by atomic mass is 9.90. The van der Waals surface area contributed by atoms with Gasteiger partial charge in [0.25, 0.3) is 0 Å². The van der Waals surface area contributed by atoms with E-state index in [2.05, 4.69) is 32.4 Å². The highest BCUT2D eigenvalue weighted by Gasteiger charge is 2.34. The SMILES string of the molecule is COCCO[C@@H]1CCN(C/C=C/C(=O)Nc2cc3c(Nc4ccc(F)c(Cl)c4)ncnc3cc2OCC2(C)COC2)C1. The summed E-state index contributed by atoms with van der Waals surface area (Å²) in [5.41, 5.74) is 1.54. The van der Waals surface area contributed by atoms with Gasteiger partial charge in [0.15, 0.2) is 0 Å². The van der Waals surface area contributed by atoms with Crippen LogP contribution in [0.5, 0.6) is 5.75 Å². The fourth-order valence-corrected chi connectivity index (χ4v) is 4.96. The van der Waals surface area contributed by atoms with Gasteiger partial charge in [-0.05, 0) is 30.7 Å². The third-order valence-corrected chi connectivity index (χ3v) is 7.45. The van der Waals surface area contributed by atoms with Gasteiger partial charge in [-0.2, -0.15) is 0 Å². The molecular formula is C30H35ClFN5O5. The molecule has 3 aromatic rings. The van der Waals surface area contributed by atoms with Crippen LogP contribution in [0.15, 0.2) is 48.8 Å². The second-order valence-corrected chi connectivity index (χ2v) is 11.3. The van der Waals surface area contributed by atoms with Gasteiger partial charge < -0.3 is 29.6 Å². The molecule has 2 saturated heterocycles. The number of amides is 1. The highest BCUT2D eigenvalue weighted by Crippen LogP contribution is 2.36. The van der Waals surface area contributed by atoms with Crippen LogP contribution in [0, 0.1) is 11.2 Å². The van der Waals surface area contributed by atoms with Crippen molar-refractivity contribution >= 4 is 45.6 Å². The molecule has 0 unspecified atom stereocenters. The van der Waals surface area contributed by atoms with Gasteiger partial charge >= 0.3 is 0 Å². The number of ether oxygens (including phenoxy) is 4. The van der Waals surface area contributed by atoms with Gasteiger partial charge in [-0.25, -0.2) is 14.4 Å². The number of fused-ring (bicyclic) bond motifs is 1. The van der Waals surface area contributed by atoms with Gasteiger partial charge in [0.05, 0.1) is 55.4 Å². The molecule has 224 valence electrons. The van der Waals surface area contributed by atoms with Gasteiger partial charge in [-0.3, -0.25) is 9.69 Å². The van der Waals surface area contributed by atoms with Crippen LogP contribution in [-0.2, 0) is 19.0 Å². The van der Waals surface area contributed by atoms with E-state index in [0.29, 0.717) is 73.4 Å². The standard InChI is InChI=1S/C30H35ClFN5O5/c1-30(16-40-17-30)18-42-27-14-25-22(29(34-19-33-25)35-20-5-6-24(32)23(31)12-20)13-26(27)36-28(38)4-3-8-37-9-7-21(15-37)41-11-10-39-2/h3-6,12-14,19,21H,7-11,15-18H2,1-2H3,(H,36,38)(H,33,34,35)/b4-3+/t21-/m1/s1. The summed E-state index contributed by atoms with van der Waals surface area (Å²) < 4.78 is 36.1. The number of rotatable bonds is 13. The molecule has 2 fully saturated rings. The van der Waals surface area contributed by atoms with Gasteiger partial charge in [0.2, 0.25) is 5.91 Å². The lowest BCUT2D eigenvalue weighted by Gasteiger charge is -2.37. The van der Waals surface area contributed by atoms with Crippen LogP contribution in [0.1, 0.15) is 13.3 Å². The van der Waals surface area contributed by atoms with E-state index in [9.17, 15) is 9.18 Å². The number of likely N-dealkylation sites (tertiary alicyclic amines) is 1.